The molecule has 0 unspecified atom stereocenters. The minimum absolute atomic E-state index is 0.544. The zero-order valence-corrected chi connectivity index (χ0v) is 15.9. The average Bonchev–Trinajstić information content (AvgIpc) is 3.11. The van der Waals surface area contributed by atoms with Crippen molar-refractivity contribution in [2.45, 2.75) is 58.0 Å². The molecule has 1 aromatic carbocycles. The van der Waals surface area contributed by atoms with Crippen LogP contribution in [0.1, 0.15) is 51.0 Å². The third-order valence-electron chi connectivity index (χ3n) is 5.61. The van der Waals surface area contributed by atoms with Crippen LogP contribution in [0.2, 0.25) is 0 Å². The van der Waals surface area contributed by atoms with Crippen LogP contribution in [-0.4, -0.2) is 36.2 Å². The van der Waals surface area contributed by atoms with Gasteiger partial charge in [-0.15, -0.1) is 0 Å². The first-order valence-corrected chi connectivity index (χ1v) is 9.90. The van der Waals surface area contributed by atoms with Gasteiger partial charge in [0.15, 0.2) is 5.11 Å². The Bertz CT molecular complexity index is 554. The van der Waals surface area contributed by atoms with Crippen molar-refractivity contribution in [1.29, 1.82) is 0 Å². The number of hydrogen-bond acceptors (Lipinski definition) is 2. The van der Waals surface area contributed by atoms with Crippen LogP contribution in [-0.2, 0) is 6.54 Å². The molecular weight excluding hydrogens is 314 g/mol. The van der Waals surface area contributed by atoms with Crippen LogP contribution < -0.4 is 10.2 Å². The number of benzene rings is 1. The lowest BCUT2D eigenvalue weighted by Crippen LogP contribution is -2.46. The second kappa shape index (κ2) is 8.19. The molecule has 1 saturated carbocycles. The van der Waals surface area contributed by atoms with Gasteiger partial charge in [-0.1, -0.05) is 38.0 Å². The molecule has 3 rings (SSSR count). The summed E-state index contributed by atoms with van der Waals surface area (Å²) in [5.74, 6) is 0.724. The summed E-state index contributed by atoms with van der Waals surface area (Å²) in [6.45, 7) is 5.59. The molecule has 2 aliphatic rings. The van der Waals surface area contributed by atoms with E-state index in [0.717, 1.165) is 17.6 Å². The molecule has 1 aliphatic carbocycles. The van der Waals surface area contributed by atoms with E-state index in [-0.39, 0.29) is 0 Å². The van der Waals surface area contributed by atoms with Crippen LogP contribution in [0.4, 0.5) is 5.69 Å². The first-order chi connectivity index (χ1) is 11.6. The van der Waals surface area contributed by atoms with Crippen LogP contribution in [0, 0.1) is 5.92 Å². The lowest BCUT2D eigenvalue weighted by Gasteiger charge is -2.33. The monoisotopic (exact) mass is 345 g/mol. The lowest BCUT2D eigenvalue weighted by atomic mass is 9.86. The number of anilines is 1. The smallest absolute Gasteiger partial charge is 0.169 e. The van der Waals surface area contributed by atoms with Gasteiger partial charge in [-0.2, -0.15) is 0 Å². The Labute approximate surface area is 152 Å². The number of para-hydroxylation sites is 1. The second-order valence-electron chi connectivity index (χ2n) is 7.50. The fraction of sp³-hybridized carbons (Fsp3) is 0.650. The quantitative estimate of drug-likeness (QED) is 0.825. The van der Waals surface area contributed by atoms with E-state index >= 15 is 0 Å². The fourth-order valence-corrected chi connectivity index (χ4v) is 4.25. The van der Waals surface area contributed by atoms with Crippen molar-refractivity contribution in [3.05, 3.63) is 29.8 Å². The molecule has 1 aromatic rings. The summed E-state index contributed by atoms with van der Waals surface area (Å²) in [5.41, 5.74) is 2.76. The van der Waals surface area contributed by atoms with Crippen LogP contribution in [0.3, 0.4) is 0 Å². The van der Waals surface area contributed by atoms with Gasteiger partial charge in [0.25, 0.3) is 0 Å². The number of nitrogens with one attached hydrogen (secondary N) is 1. The molecule has 3 nitrogen and oxygen atoms in total. The summed E-state index contributed by atoms with van der Waals surface area (Å²) >= 11 is 5.69. The summed E-state index contributed by atoms with van der Waals surface area (Å²) < 4.78 is 0. The third kappa shape index (κ3) is 4.21. The highest BCUT2D eigenvalue weighted by molar-refractivity contribution is 7.80. The second-order valence-corrected chi connectivity index (χ2v) is 7.88. The molecule has 1 saturated heterocycles. The van der Waals surface area contributed by atoms with E-state index in [2.05, 4.69) is 53.4 Å². The van der Waals surface area contributed by atoms with Gasteiger partial charge in [0.2, 0.25) is 0 Å². The number of nitrogens with zero attached hydrogens (tertiary/aromatic N) is 2. The van der Waals surface area contributed by atoms with Gasteiger partial charge in [-0.25, -0.2) is 0 Å². The topological polar surface area (TPSA) is 18.5 Å². The Morgan fingerprint density at radius 1 is 1.17 bits per heavy atom. The molecule has 0 amide bonds. The summed E-state index contributed by atoms with van der Waals surface area (Å²) in [5, 5.41) is 4.51. The molecule has 0 radical (unpaired) electrons. The van der Waals surface area contributed by atoms with Gasteiger partial charge in [-0.3, -0.25) is 0 Å². The van der Waals surface area contributed by atoms with Crippen LogP contribution >= 0.6 is 12.2 Å². The molecule has 1 aliphatic heterocycles. The lowest BCUT2D eigenvalue weighted by molar-refractivity contribution is 0.300. The van der Waals surface area contributed by atoms with Crippen molar-refractivity contribution in [1.82, 2.24) is 10.2 Å². The Morgan fingerprint density at radius 2 is 1.88 bits per heavy atom. The zero-order chi connectivity index (χ0) is 16.9. The minimum atomic E-state index is 0.544. The largest absolute Gasteiger partial charge is 0.371 e. The highest BCUT2D eigenvalue weighted by Gasteiger charge is 2.23. The SMILES string of the molecule is C[C@H]1CCCC[C@@H]1NC(=S)N(C)Cc1ccccc1N1CCCC1. The average molecular weight is 346 g/mol. The molecule has 2 fully saturated rings. The molecule has 0 spiro atoms. The Morgan fingerprint density at radius 3 is 2.62 bits per heavy atom. The van der Waals surface area contributed by atoms with Crippen molar-refractivity contribution in [3.63, 3.8) is 0 Å². The van der Waals surface area contributed by atoms with Crippen LogP contribution in [0.25, 0.3) is 0 Å². The summed E-state index contributed by atoms with van der Waals surface area (Å²) in [4.78, 5) is 4.72. The molecule has 24 heavy (non-hydrogen) atoms. The van der Waals surface area contributed by atoms with Crippen molar-refractivity contribution >= 4 is 23.0 Å². The van der Waals surface area contributed by atoms with Crippen molar-refractivity contribution < 1.29 is 0 Å². The first-order valence-electron chi connectivity index (χ1n) is 9.49. The van der Waals surface area contributed by atoms with E-state index in [1.54, 1.807) is 0 Å². The van der Waals surface area contributed by atoms with Gasteiger partial charge in [0, 0.05) is 38.4 Å². The molecule has 4 heteroatoms. The van der Waals surface area contributed by atoms with Gasteiger partial charge in [-0.05, 0) is 55.4 Å². The summed E-state index contributed by atoms with van der Waals surface area (Å²) in [6.07, 6.45) is 7.88. The van der Waals surface area contributed by atoms with Gasteiger partial charge in [0.1, 0.15) is 0 Å². The molecule has 2 atom stereocenters. The highest BCUT2D eigenvalue weighted by Crippen LogP contribution is 2.26. The number of hydrogen-bond donors (Lipinski definition) is 1. The molecule has 0 bridgehead atoms. The van der Waals surface area contributed by atoms with Crippen molar-refractivity contribution in [3.8, 4) is 0 Å². The predicted molar refractivity (Wildman–Crippen MR) is 107 cm³/mol. The summed E-state index contributed by atoms with van der Waals surface area (Å²) in [6, 6.07) is 9.34. The Kier molecular flexibility index (Phi) is 5.99. The van der Waals surface area contributed by atoms with Gasteiger partial charge in [0.05, 0.1) is 0 Å². The molecule has 1 N–H and O–H groups in total. The van der Waals surface area contributed by atoms with E-state index in [1.807, 2.05) is 0 Å². The summed E-state index contributed by atoms with van der Waals surface area (Å²) in [7, 11) is 2.11. The maximum atomic E-state index is 5.69. The van der Waals surface area contributed by atoms with Crippen molar-refractivity contribution in [2.24, 2.45) is 5.92 Å². The van der Waals surface area contributed by atoms with Crippen LogP contribution in [0.5, 0.6) is 0 Å². The van der Waals surface area contributed by atoms with E-state index in [9.17, 15) is 0 Å². The third-order valence-corrected chi connectivity index (χ3v) is 6.04. The number of rotatable bonds is 4. The van der Waals surface area contributed by atoms with Gasteiger partial charge < -0.3 is 15.1 Å². The molecule has 132 valence electrons. The fourth-order valence-electron chi connectivity index (χ4n) is 4.04. The minimum Gasteiger partial charge on any atom is -0.371 e. The molecular formula is C20H31N3S. The Balaban J connectivity index is 1.61. The van der Waals surface area contributed by atoms with E-state index < -0.39 is 0 Å². The zero-order valence-electron chi connectivity index (χ0n) is 15.1. The van der Waals surface area contributed by atoms with E-state index in [1.165, 1.54) is 62.9 Å². The van der Waals surface area contributed by atoms with Crippen molar-refractivity contribution in [2.75, 3.05) is 25.0 Å². The molecule has 0 aromatic heterocycles. The van der Waals surface area contributed by atoms with Crippen LogP contribution in [0.15, 0.2) is 24.3 Å². The first kappa shape index (κ1) is 17.5. The van der Waals surface area contributed by atoms with E-state index in [4.69, 9.17) is 12.2 Å². The van der Waals surface area contributed by atoms with Gasteiger partial charge >= 0.3 is 0 Å². The predicted octanol–water partition coefficient (Wildman–Crippen LogP) is 4.17. The highest BCUT2D eigenvalue weighted by atomic mass is 32.1. The normalized spacial score (nSPS) is 24.0. The van der Waals surface area contributed by atoms with E-state index in [0.29, 0.717) is 6.04 Å². The number of thiocarbonyl (C=S) groups is 1. The maximum absolute atomic E-state index is 5.69. The molecule has 1 heterocycles. The standard InChI is InChI=1S/C20H31N3S/c1-16-9-3-5-11-18(16)21-20(24)22(2)15-17-10-4-6-12-19(17)23-13-7-8-14-23/h4,6,10,12,16,18H,3,5,7-9,11,13-15H2,1-2H3,(H,21,24)/t16-,18-/m0/s1. The maximum Gasteiger partial charge on any atom is 0.169 e. The Hall–Kier alpha value is -1.29.